The van der Waals surface area contributed by atoms with E-state index < -0.39 is 10.2 Å². The van der Waals surface area contributed by atoms with Crippen molar-refractivity contribution in [2.75, 3.05) is 25.0 Å². The summed E-state index contributed by atoms with van der Waals surface area (Å²) in [7, 11) is -3.26. The van der Waals surface area contributed by atoms with Crippen LogP contribution in [0.5, 0.6) is 0 Å². The summed E-state index contributed by atoms with van der Waals surface area (Å²) in [6.45, 7) is 6.01. The minimum Gasteiger partial charge on any atom is -0.202 e. The Morgan fingerprint density at radius 3 is 2.82 bits per heavy atom. The molecule has 2 atom stereocenters. The van der Waals surface area contributed by atoms with Crippen molar-refractivity contribution < 1.29 is 8.42 Å². The fourth-order valence-electron chi connectivity index (χ4n) is 1.99. The summed E-state index contributed by atoms with van der Waals surface area (Å²) >= 11 is 3.37. The molecule has 1 rings (SSSR count). The van der Waals surface area contributed by atoms with Crippen molar-refractivity contribution in [2.24, 2.45) is 11.8 Å². The van der Waals surface area contributed by atoms with Gasteiger partial charge in [0, 0.05) is 25.0 Å². The Balaban J connectivity index is 2.44. The summed E-state index contributed by atoms with van der Waals surface area (Å²) < 4.78 is 28.4. The van der Waals surface area contributed by atoms with Gasteiger partial charge in [-0.2, -0.15) is 12.7 Å². The van der Waals surface area contributed by atoms with Crippen LogP contribution in [0.2, 0.25) is 0 Å². The Bertz CT molecular complexity index is 321. The van der Waals surface area contributed by atoms with Crippen LogP contribution in [0.25, 0.3) is 0 Å². The third kappa shape index (κ3) is 5.24. The van der Waals surface area contributed by atoms with E-state index in [1.54, 1.807) is 4.31 Å². The first-order valence-corrected chi connectivity index (χ1v) is 8.82. The maximum Gasteiger partial charge on any atom is 0.279 e. The first kappa shape index (κ1) is 15.4. The van der Waals surface area contributed by atoms with Gasteiger partial charge in [-0.25, -0.2) is 4.72 Å². The molecular weight excluding hydrogens is 304 g/mol. The highest BCUT2D eigenvalue weighted by atomic mass is 79.9. The van der Waals surface area contributed by atoms with Gasteiger partial charge in [0.05, 0.1) is 0 Å². The molecule has 0 aromatic rings. The van der Waals surface area contributed by atoms with Crippen LogP contribution in [0.3, 0.4) is 0 Å². The Kier molecular flexibility index (Phi) is 6.40. The molecule has 17 heavy (non-hydrogen) atoms. The van der Waals surface area contributed by atoms with E-state index in [1.165, 1.54) is 0 Å². The summed E-state index contributed by atoms with van der Waals surface area (Å²) in [5, 5.41) is 0.913. The standard InChI is InChI=1S/C11H23BrN2O2S/c1-10(5-6-12)8-13-17(15,16)14-7-3-4-11(2)9-14/h10-11,13H,3-9H2,1-2H3. The van der Waals surface area contributed by atoms with Gasteiger partial charge in [-0.3, -0.25) is 0 Å². The smallest absolute Gasteiger partial charge is 0.202 e. The van der Waals surface area contributed by atoms with Gasteiger partial charge < -0.3 is 0 Å². The molecule has 102 valence electrons. The van der Waals surface area contributed by atoms with Gasteiger partial charge in [-0.15, -0.1) is 0 Å². The SMILES string of the molecule is CC(CCBr)CNS(=O)(=O)N1CCCC(C)C1. The van der Waals surface area contributed by atoms with Crippen molar-refractivity contribution in [3.63, 3.8) is 0 Å². The summed E-state index contributed by atoms with van der Waals surface area (Å²) in [6, 6.07) is 0. The quantitative estimate of drug-likeness (QED) is 0.759. The Labute approximate surface area is 113 Å². The van der Waals surface area contributed by atoms with E-state index in [1.807, 2.05) is 0 Å². The van der Waals surface area contributed by atoms with Crippen LogP contribution >= 0.6 is 15.9 Å². The molecule has 2 unspecified atom stereocenters. The highest BCUT2D eigenvalue weighted by Gasteiger charge is 2.26. The largest absolute Gasteiger partial charge is 0.279 e. The van der Waals surface area contributed by atoms with Gasteiger partial charge in [0.25, 0.3) is 10.2 Å². The van der Waals surface area contributed by atoms with Crippen molar-refractivity contribution in [3.8, 4) is 0 Å². The molecule has 0 aromatic carbocycles. The van der Waals surface area contributed by atoms with Crippen LogP contribution in [0, 0.1) is 11.8 Å². The Morgan fingerprint density at radius 1 is 1.53 bits per heavy atom. The number of hydrogen-bond acceptors (Lipinski definition) is 2. The van der Waals surface area contributed by atoms with Crippen molar-refractivity contribution in [1.82, 2.24) is 9.03 Å². The summed E-state index contributed by atoms with van der Waals surface area (Å²) in [6.07, 6.45) is 3.09. The molecule has 0 radical (unpaired) electrons. The minimum absolute atomic E-state index is 0.367. The van der Waals surface area contributed by atoms with Crippen LogP contribution in [-0.2, 0) is 10.2 Å². The molecule has 1 aliphatic rings. The highest BCUT2D eigenvalue weighted by Crippen LogP contribution is 2.17. The van der Waals surface area contributed by atoms with E-state index in [0.29, 0.717) is 31.5 Å². The van der Waals surface area contributed by atoms with Gasteiger partial charge in [0.2, 0.25) is 0 Å². The number of halogens is 1. The third-order valence-electron chi connectivity index (χ3n) is 3.18. The summed E-state index contributed by atoms with van der Waals surface area (Å²) in [5.41, 5.74) is 0. The van der Waals surface area contributed by atoms with Crippen molar-refractivity contribution in [2.45, 2.75) is 33.1 Å². The number of nitrogens with one attached hydrogen (secondary N) is 1. The predicted molar refractivity (Wildman–Crippen MR) is 74.5 cm³/mol. The number of alkyl halides is 1. The average molecular weight is 327 g/mol. The summed E-state index contributed by atoms with van der Waals surface area (Å²) in [5.74, 6) is 0.839. The monoisotopic (exact) mass is 326 g/mol. The van der Waals surface area contributed by atoms with Crippen molar-refractivity contribution >= 4 is 26.1 Å². The van der Waals surface area contributed by atoms with Crippen molar-refractivity contribution in [1.29, 1.82) is 0 Å². The molecule has 1 N–H and O–H groups in total. The number of nitrogens with zero attached hydrogens (tertiary/aromatic N) is 1. The first-order valence-electron chi connectivity index (χ1n) is 6.26. The van der Waals surface area contributed by atoms with E-state index in [4.69, 9.17) is 0 Å². The third-order valence-corrected chi connectivity index (χ3v) is 5.18. The maximum absolute atomic E-state index is 12.0. The lowest BCUT2D eigenvalue weighted by molar-refractivity contribution is 0.277. The fourth-order valence-corrected chi connectivity index (χ4v) is 4.27. The second-order valence-corrected chi connectivity index (χ2v) is 7.59. The van der Waals surface area contributed by atoms with Crippen LogP contribution in [0.4, 0.5) is 0 Å². The molecule has 1 saturated heterocycles. The molecule has 4 nitrogen and oxygen atoms in total. The molecule has 0 bridgehead atoms. The summed E-state index contributed by atoms with van der Waals surface area (Å²) in [4.78, 5) is 0. The van der Waals surface area contributed by atoms with E-state index in [9.17, 15) is 8.42 Å². The molecule has 0 spiro atoms. The van der Waals surface area contributed by atoms with E-state index in [-0.39, 0.29) is 0 Å². The lowest BCUT2D eigenvalue weighted by atomic mass is 10.0. The van der Waals surface area contributed by atoms with Gasteiger partial charge in [-0.05, 0) is 31.1 Å². The fraction of sp³-hybridized carbons (Fsp3) is 1.00. The Morgan fingerprint density at radius 2 is 2.24 bits per heavy atom. The second kappa shape index (κ2) is 7.07. The molecule has 0 aliphatic carbocycles. The molecule has 0 saturated carbocycles. The molecule has 0 aromatic heterocycles. The first-order chi connectivity index (χ1) is 7.95. The molecule has 1 fully saturated rings. The van der Waals surface area contributed by atoms with Gasteiger partial charge in [-0.1, -0.05) is 29.8 Å². The number of hydrogen-bond donors (Lipinski definition) is 1. The number of rotatable bonds is 6. The molecule has 1 aliphatic heterocycles. The second-order valence-electron chi connectivity index (χ2n) is 5.04. The lowest BCUT2D eigenvalue weighted by Crippen LogP contribution is -2.46. The topological polar surface area (TPSA) is 49.4 Å². The molecule has 6 heteroatoms. The van der Waals surface area contributed by atoms with E-state index in [2.05, 4.69) is 34.5 Å². The molecule has 0 amide bonds. The zero-order chi connectivity index (χ0) is 12.9. The molecular formula is C11H23BrN2O2S. The zero-order valence-corrected chi connectivity index (χ0v) is 13.1. The Hall–Kier alpha value is 0.350. The van der Waals surface area contributed by atoms with E-state index in [0.717, 1.165) is 24.6 Å². The van der Waals surface area contributed by atoms with Crippen LogP contribution < -0.4 is 4.72 Å². The average Bonchev–Trinajstić information content (AvgIpc) is 2.27. The number of piperidine rings is 1. The van der Waals surface area contributed by atoms with Crippen LogP contribution in [-0.4, -0.2) is 37.7 Å². The van der Waals surface area contributed by atoms with E-state index >= 15 is 0 Å². The van der Waals surface area contributed by atoms with Crippen LogP contribution in [0.15, 0.2) is 0 Å². The lowest BCUT2D eigenvalue weighted by Gasteiger charge is -2.30. The minimum atomic E-state index is -3.26. The van der Waals surface area contributed by atoms with Gasteiger partial charge in [0.15, 0.2) is 0 Å². The highest BCUT2D eigenvalue weighted by molar-refractivity contribution is 9.09. The van der Waals surface area contributed by atoms with Gasteiger partial charge >= 0.3 is 0 Å². The zero-order valence-electron chi connectivity index (χ0n) is 10.7. The normalized spacial score (nSPS) is 24.8. The molecule has 1 heterocycles. The van der Waals surface area contributed by atoms with Crippen LogP contribution in [0.1, 0.15) is 33.1 Å². The van der Waals surface area contributed by atoms with Gasteiger partial charge in [0.1, 0.15) is 0 Å². The maximum atomic E-state index is 12.0. The van der Waals surface area contributed by atoms with Crippen molar-refractivity contribution in [3.05, 3.63) is 0 Å². The predicted octanol–water partition coefficient (Wildman–Crippen LogP) is 1.97.